The van der Waals surface area contributed by atoms with Gasteiger partial charge in [0.1, 0.15) is 11.8 Å². The number of carbonyl (C=O) groups is 1. The van der Waals surface area contributed by atoms with Crippen LogP contribution in [-0.4, -0.2) is 31.4 Å². The molecule has 1 aliphatic heterocycles. The monoisotopic (exact) mass is 356 g/mol. The Kier molecular flexibility index (Phi) is 4.03. The molecule has 2 N–H and O–H groups in total. The van der Waals surface area contributed by atoms with Crippen LogP contribution in [0.1, 0.15) is 38.3 Å². The lowest BCUT2D eigenvalue weighted by Gasteiger charge is -2.34. The fourth-order valence-corrected chi connectivity index (χ4v) is 4.10. The first kappa shape index (κ1) is 16.2. The zero-order valence-electron chi connectivity index (χ0n) is 14.2. The predicted octanol–water partition coefficient (Wildman–Crippen LogP) is 3.36. The second-order valence-corrected chi connectivity index (χ2v) is 7.77. The number of ketones is 1. The van der Waals surface area contributed by atoms with E-state index in [2.05, 4.69) is 29.2 Å². The molecule has 1 aromatic heterocycles. The largest absolute Gasteiger partial charge is 0.508 e. The molecule has 0 fully saturated rings. The van der Waals surface area contributed by atoms with Crippen molar-refractivity contribution in [1.82, 2.24) is 14.8 Å². The van der Waals surface area contributed by atoms with E-state index >= 15 is 0 Å². The topological polar surface area (TPSA) is 80.0 Å². The van der Waals surface area contributed by atoms with E-state index in [1.807, 2.05) is 12.1 Å². The Hall–Kier alpha value is -2.28. The number of thioether (sulfide) groups is 1. The molecule has 1 aromatic carbocycles. The van der Waals surface area contributed by atoms with Gasteiger partial charge in [-0.1, -0.05) is 37.7 Å². The number of anilines is 1. The number of aromatic nitrogens is 3. The van der Waals surface area contributed by atoms with Gasteiger partial charge in [-0.05, 0) is 35.8 Å². The number of phenolic OH excluding ortho intramolecular Hbond substituents is 1. The second-order valence-electron chi connectivity index (χ2n) is 6.54. The zero-order chi connectivity index (χ0) is 17.6. The summed E-state index contributed by atoms with van der Waals surface area (Å²) in [4.78, 5) is 17.4. The molecule has 2 aromatic rings. The van der Waals surface area contributed by atoms with Crippen LogP contribution in [0.5, 0.6) is 5.75 Å². The average Bonchev–Trinajstić information content (AvgIpc) is 2.96. The number of nitrogens with one attached hydrogen (secondary N) is 1. The summed E-state index contributed by atoms with van der Waals surface area (Å²) in [7, 11) is 0. The van der Waals surface area contributed by atoms with Crippen LogP contribution < -0.4 is 5.32 Å². The highest BCUT2D eigenvalue weighted by atomic mass is 32.2. The minimum absolute atomic E-state index is 0.158. The highest BCUT2D eigenvalue weighted by Gasteiger charge is 2.38. The molecule has 7 heteroatoms. The number of aromatic hydroxyl groups is 1. The number of benzene rings is 1. The quantitative estimate of drug-likeness (QED) is 0.821. The van der Waals surface area contributed by atoms with Gasteiger partial charge in [0.15, 0.2) is 5.78 Å². The van der Waals surface area contributed by atoms with Gasteiger partial charge in [0, 0.05) is 17.7 Å². The smallest absolute Gasteiger partial charge is 0.227 e. The maximum Gasteiger partial charge on any atom is 0.227 e. The van der Waals surface area contributed by atoms with Gasteiger partial charge in [0.2, 0.25) is 11.1 Å². The number of fused-ring (bicyclic) bond motifs is 1. The average molecular weight is 356 g/mol. The molecule has 1 aliphatic carbocycles. The lowest BCUT2D eigenvalue weighted by Crippen LogP contribution is -2.33. The van der Waals surface area contributed by atoms with Crippen molar-refractivity contribution in [1.29, 1.82) is 0 Å². The van der Waals surface area contributed by atoms with Crippen LogP contribution in [0.2, 0.25) is 0 Å². The second kappa shape index (κ2) is 6.22. The Labute approximate surface area is 150 Å². The summed E-state index contributed by atoms with van der Waals surface area (Å²) in [6, 6.07) is 6.68. The third-order valence-electron chi connectivity index (χ3n) is 4.59. The molecular formula is C18H20N4O2S. The van der Waals surface area contributed by atoms with Crippen LogP contribution in [0, 0.1) is 5.92 Å². The van der Waals surface area contributed by atoms with Crippen molar-refractivity contribution in [2.75, 3.05) is 11.1 Å². The Morgan fingerprint density at radius 3 is 2.80 bits per heavy atom. The van der Waals surface area contributed by atoms with Crippen molar-refractivity contribution in [2.45, 2.75) is 37.9 Å². The molecule has 0 unspecified atom stereocenters. The molecule has 4 rings (SSSR count). The molecular weight excluding hydrogens is 336 g/mol. The summed E-state index contributed by atoms with van der Waals surface area (Å²) < 4.78 is 1.80. The molecule has 130 valence electrons. The van der Waals surface area contributed by atoms with E-state index in [1.165, 1.54) is 0 Å². The summed E-state index contributed by atoms with van der Waals surface area (Å²) in [6.07, 6.45) is 1.38. The van der Waals surface area contributed by atoms with Crippen molar-refractivity contribution in [2.24, 2.45) is 5.92 Å². The molecule has 0 saturated heterocycles. The van der Waals surface area contributed by atoms with E-state index in [9.17, 15) is 9.90 Å². The molecule has 2 aliphatic rings. The SMILES string of the molecule is CCSc1nc2n(n1)[C@H](c1ccc(O)cc1)C1=C(C[C@H](C)CC1=O)N2. The molecule has 6 nitrogen and oxygen atoms in total. The Balaban J connectivity index is 1.86. The van der Waals surface area contributed by atoms with Crippen molar-refractivity contribution < 1.29 is 9.90 Å². The summed E-state index contributed by atoms with van der Waals surface area (Å²) in [5, 5.41) is 18.3. The van der Waals surface area contributed by atoms with Gasteiger partial charge in [0.25, 0.3) is 0 Å². The van der Waals surface area contributed by atoms with E-state index in [0.717, 1.165) is 29.0 Å². The molecule has 25 heavy (non-hydrogen) atoms. The van der Waals surface area contributed by atoms with Crippen LogP contribution in [0.3, 0.4) is 0 Å². The molecule has 2 atom stereocenters. The standard InChI is InChI=1S/C18H20N4O2S/c1-3-25-18-20-17-19-13-8-10(2)9-14(24)15(13)16(22(17)21-18)11-4-6-12(23)7-5-11/h4-7,10,16,23H,3,8-9H2,1-2H3,(H,19,20,21)/t10-,16+/m0/s1. The fourth-order valence-electron chi connectivity index (χ4n) is 3.54. The number of rotatable bonds is 3. The summed E-state index contributed by atoms with van der Waals surface area (Å²) in [6.45, 7) is 4.15. The Morgan fingerprint density at radius 1 is 1.32 bits per heavy atom. The summed E-state index contributed by atoms with van der Waals surface area (Å²) in [5.41, 5.74) is 2.65. The summed E-state index contributed by atoms with van der Waals surface area (Å²) >= 11 is 1.58. The third-order valence-corrected chi connectivity index (χ3v) is 5.31. The van der Waals surface area contributed by atoms with Crippen molar-refractivity contribution in [3.05, 3.63) is 41.1 Å². The number of allylic oxidation sites excluding steroid dienone is 2. The third kappa shape index (κ3) is 2.82. The number of phenols is 1. The van der Waals surface area contributed by atoms with Crippen LogP contribution in [0.15, 0.2) is 40.7 Å². The van der Waals surface area contributed by atoms with Crippen molar-refractivity contribution >= 4 is 23.5 Å². The number of hydrogen-bond acceptors (Lipinski definition) is 6. The Bertz CT molecular complexity index is 856. The molecule has 0 bridgehead atoms. The first-order chi connectivity index (χ1) is 12.1. The van der Waals surface area contributed by atoms with Crippen LogP contribution in [0.4, 0.5) is 5.95 Å². The van der Waals surface area contributed by atoms with E-state index in [1.54, 1.807) is 28.6 Å². The van der Waals surface area contributed by atoms with Gasteiger partial charge in [-0.25, -0.2) is 4.68 Å². The van der Waals surface area contributed by atoms with Crippen LogP contribution >= 0.6 is 11.8 Å². The highest BCUT2D eigenvalue weighted by molar-refractivity contribution is 7.99. The highest BCUT2D eigenvalue weighted by Crippen LogP contribution is 2.42. The number of nitrogens with zero attached hydrogens (tertiary/aromatic N) is 3. The van der Waals surface area contributed by atoms with Gasteiger partial charge in [-0.2, -0.15) is 4.98 Å². The maximum absolute atomic E-state index is 12.8. The van der Waals surface area contributed by atoms with Gasteiger partial charge >= 0.3 is 0 Å². The normalized spacial score (nSPS) is 22.4. The van der Waals surface area contributed by atoms with Crippen molar-refractivity contribution in [3.63, 3.8) is 0 Å². The van der Waals surface area contributed by atoms with E-state index in [-0.39, 0.29) is 17.6 Å². The van der Waals surface area contributed by atoms with Crippen LogP contribution in [-0.2, 0) is 4.79 Å². The molecule has 0 amide bonds. The summed E-state index contributed by atoms with van der Waals surface area (Å²) in [5.74, 6) is 2.24. The van der Waals surface area contributed by atoms with E-state index in [0.29, 0.717) is 23.4 Å². The lowest BCUT2D eigenvalue weighted by molar-refractivity contribution is -0.117. The molecule has 0 spiro atoms. The van der Waals surface area contributed by atoms with Crippen molar-refractivity contribution in [3.8, 4) is 5.75 Å². The lowest BCUT2D eigenvalue weighted by atomic mass is 9.81. The molecule has 0 saturated carbocycles. The first-order valence-corrected chi connectivity index (χ1v) is 9.47. The minimum Gasteiger partial charge on any atom is -0.508 e. The van der Waals surface area contributed by atoms with Gasteiger partial charge in [0.05, 0.1) is 0 Å². The van der Waals surface area contributed by atoms with Gasteiger partial charge in [-0.3, -0.25) is 4.79 Å². The Morgan fingerprint density at radius 2 is 2.08 bits per heavy atom. The number of hydrogen-bond donors (Lipinski definition) is 2. The number of carbonyl (C=O) groups excluding carboxylic acids is 1. The zero-order valence-corrected chi connectivity index (χ0v) is 15.0. The maximum atomic E-state index is 12.8. The van der Waals surface area contributed by atoms with Gasteiger partial charge < -0.3 is 10.4 Å². The number of Topliss-reactive ketones (excluding diaryl/α,β-unsaturated/α-hetero) is 1. The minimum atomic E-state index is -0.300. The predicted molar refractivity (Wildman–Crippen MR) is 96.7 cm³/mol. The van der Waals surface area contributed by atoms with E-state index in [4.69, 9.17) is 0 Å². The van der Waals surface area contributed by atoms with Crippen LogP contribution in [0.25, 0.3) is 0 Å². The van der Waals surface area contributed by atoms with E-state index < -0.39 is 0 Å². The molecule has 0 radical (unpaired) electrons. The van der Waals surface area contributed by atoms with Gasteiger partial charge in [-0.15, -0.1) is 5.10 Å². The fraction of sp³-hybridized carbons (Fsp3) is 0.389. The molecule has 2 heterocycles. The first-order valence-electron chi connectivity index (χ1n) is 8.48.